The van der Waals surface area contributed by atoms with Gasteiger partial charge < -0.3 is 4.74 Å². The van der Waals surface area contributed by atoms with Gasteiger partial charge in [0.25, 0.3) is 5.56 Å². The zero-order valence-corrected chi connectivity index (χ0v) is 15.6. The van der Waals surface area contributed by atoms with Crippen molar-refractivity contribution in [1.82, 2.24) is 9.55 Å². The van der Waals surface area contributed by atoms with Crippen molar-refractivity contribution < 1.29 is 23.1 Å². The van der Waals surface area contributed by atoms with Crippen molar-refractivity contribution in [2.75, 3.05) is 6.61 Å². The number of esters is 1. The number of ketones is 1. The highest BCUT2D eigenvalue weighted by Gasteiger charge is 2.24. The Bertz CT molecular complexity index is 1200. The lowest BCUT2D eigenvalue weighted by Crippen LogP contribution is -2.20. The Balaban J connectivity index is 1.57. The van der Waals surface area contributed by atoms with Crippen molar-refractivity contribution in [3.63, 3.8) is 0 Å². The number of aromatic nitrogens is 2. The summed E-state index contributed by atoms with van der Waals surface area (Å²) in [5.41, 5.74) is 0.184. The van der Waals surface area contributed by atoms with Crippen LogP contribution in [0.25, 0.3) is 10.2 Å². The van der Waals surface area contributed by atoms with E-state index < -0.39 is 30.0 Å². The molecule has 9 heteroatoms. The van der Waals surface area contributed by atoms with E-state index in [1.807, 2.05) is 0 Å². The lowest BCUT2D eigenvalue weighted by Gasteiger charge is -2.04. The number of benzene rings is 1. The molecule has 144 valence electrons. The Labute approximate surface area is 161 Å². The zero-order chi connectivity index (χ0) is 20.0. The van der Waals surface area contributed by atoms with Crippen molar-refractivity contribution in [2.45, 2.75) is 26.3 Å². The van der Waals surface area contributed by atoms with Gasteiger partial charge in [0.1, 0.15) is 15.5 Å². The molecule has 0 N–H and O–H groups in total. The number of hydrogen-bond donors (Lipinski definition) is 0. The minimum atomic E-state index is -1.16. The number of thiophene rings is 1. The van der Waals surface area contributed by atoms with Crippen LogP contribution in [0.4, 0.5) is 8.78 Å². The molecule has 0 fully saturated rings. The predicted molar refractivity (Wildman–Crippen MR) is 97.9 cm³/mol. The van der Waals surface area contributed by atoms with Crippen LogP contribution in [0.3, 0.4) is 0 Å². The average molecular weight is 404 g/mol. The monoisotopic (exact) mass is 404 g/mol. The molecule has 0 amide bonds. The number of aryl methyl sites for hydroxylation is 2. The molecule has 0 atom stereocenters. The molecule has 0 aliphatic carbocycles. The molecule has 2 aromatic heterocycles. The van der Waals surface area contributed by atoms with Crippen molar-refractivity contribution in [3.05, 3.63) is 62.0 Å². The van der Waals surface area contributed by atoms with E-state index in [4.69, 9.17) is 4.74 Å². The van der Waals surface area contributed by atoms with Crippen molar-refractivity contribution in [2.24, 2.45) is 0 Å². The minimum Gasteiger partial charge on any atom is -0.453 e. The van der Waals surface area contributed by atoms with Gasteiger partial charge >= 0.3 is 5.97 Å². The minimum absolute atomic E-state index is 0.101. The summed E-state index contributed by atoms with van der Waals surface area (Å²) in [7, 11) is 0. The van der Waals surface area contributed by atoms with Gasteiger partial charge in [0.2, 0.25) is 0 Å². The van der Waals surface area contributed by atoms with E-state index in [1.54, 1.807) is 11.5 Å². The van der Waals surface area contributed by atoms with Crippen LogP contribution in [0.1, 0.15) is 37.8 Å². The van der Waals surface area contributed by atoms with Crippen LogP contribution < -0.4 is 5.56 Å². The molecular formula is C19H14F2N2O4S. The average Bonchev–Trinajstić information content (AvgIpc) is 3.27. The number of fused-ring (bicyclic) bond motifs is 2. The molecule has 1 aliphatic rings. The lowest BCUT2D eigenvalue weighted by atomic mass is 10.1. The van der Waals surface area contributed by atoms with Crippen molar-refractivity contribution >= 4 is 33.3 Å². The maximum Gasteiger partial charge on any atom is 0.349 e. The highest BCUT2D eigenvalue weighted by molar-refractivity contribution is 7.20. The van der Waals surface area contributed by atoms with Gasteiger partial charge in [-0.15, -0.1) is 11.3 Å². The van der Waals surface area contributed by atoms with Gasteiger partial charge in [-0.1, -0.05) is 0 Å². The number of nitrogens with zero attached hydrogens (tertiary/aromatic N) is 2. The van der Waals surface area contributed by atoms with Gasteiger partial charge in [-0.3, -0.25) is 14.2 Å². The highest BCUT2D eigenvalue weighted by atomic mass is 32.1. The standard InChI is InChI=1S/C19H14F2N2O4S/c1-9-15-17(22-14-3-2-6-23(14)18(15)25)28-16(9)19(26)27-8-13(24)10-4-5-11(20)12(21)7-10/h4-5,7H,2-3,6,8H2,1H3. The summed E-state index contributed by atoms with van der Waals surface area (Å²) in [5, 5.41) is 0.384. The summed E-state index contributed by atoms with van der Waals surface area (Å²) >= 11 is 1.04. The van der Waals surface area contributed by atoms with E-state index in [9.17, 15) is 23.2 Å². The van der Waals surface area contributed by atoms with Crippen LogP contribution in [0.2, 0.25) is 0 Å². The third kappa shape index (κ3) is 3.01. The normalized spacial score (nSPS) is 13.0. The maximum atomic E-state index is 13.2. The van der Waals surface area contributed by atoms with E-state index in [1.165, 1.54) is 0 Å². The van der Waals surface area contributed by atoms with E-state index >= 15 is 0 Å². The Morgan fingerprint density at radius 1 is 1.29 bits per heavy atom. The molecule has 0 saturated heterocycles. The number of rotatable bonds is 4. The second kappa shape index (κ2) is 6.90. The molecule has 0 radical (unpaired) electrons. The summed E-state index contributed by atoms with van der Waals surface area (Å²) in [6.45, 7) is 1.62. The fraction of sp³-hybridized carbons (Fsp3) is 0.263. The molecule has 28 heavy (non-hydrogen) atoms. The maximum absolute atomic E-state index is 13.2. The largest absolute Gasteiger partial charge is 0.453 e. The van der Waals surface area contributed by atoms with Crippen LogP contribution in [0, 0.1) is 18.6 Å². The predicted octanol–water partition coefficient (Wildman–Crippen LogP) is 3.03. The molecule has 0 bridgehead atoms. The Hall–Kier alpha value is -2.94. The van der Waals surface area contributed by atoms with E-state index in [-0.39, 0.29) is 16.0 Å². The molecule has 0 unspecified atom stereocenters. The first-order valence-corrected chi connectivity index (χ1v) is 9.36. The van der Waals surface area contributed by atoms with Crippen molar-refractivity contribution in [3.8, 4) is 0 Å². The zero-order valence-electron chi connectivity index (χ0n) is 14.8. The third-order valence-corrected chi connectivity index (χ3v) is 5.84. The summed E-state index contributed by atoms with van der Waals surface area (Å²) in [6.07, 6.45) is 1.57. The van der Waals surface area contributed by atoms with E-state index in [0.717, 1.165) is 36.0 Å². The fourth-order valence-corrected chi connectivity index (χ4v) is 4.30. The van der Waals surface area contributed by atoms with Crippen LogP contribution in [0.15, 0.2) is 23.0 Å². The van der Waals surface area contributed by atoms with Crippen LogP contribution in [-0.2, 0) is 17.7 Å². The topological polar surface area (TPSA) is 78.3 Å². The van der Waals surface area contributed by atoms with E-state index in [0.29, 0.717) is 34.6 Å². The summed E-state index contributed by atoms with van der Waals surface area (Å²) in [5.74, 6) is -2.95. The Morgan fingerprint density at radius 2 is 2.07 bits per heavy atom. The van der Waals surface area contributed by atoms with Crippen LogP contribution in [0.5, 0.6) is 0 Å². The second-order valence-corrected chi connectivity index (χ2v) is 7.45. The first-order chi connectivity index (χ1) is 13.4. The number of hydrogen-bond acceptors (Lipinski definition) is 6. The smallest absolute Gasteiger partial charge is 0.349 e. The van der Waals surface area contributed by atoms with Crippen molar-refractivity contribution in [1.29, 1.82) is 0 Å². The van der Waals surface area contributed by atoms with Gasteiger partial charge in [-0.25, -0.2) is 18.6 Å². The highest BCUT2D eigenvalue weighted by Crippen LogP contribution is 2.29. The van der Waals surface area contributed by atoms with Gasteiger partial charge in [0.05, 0.1) is 5.39 Å². The quantitative estimate of drug-likeness (QED) is 0.493. The molecule has 0 spiro atoms. The summed E-state index contributed by atoms with van der Waals surface area (Å²) in [4.78, 5) is 42.3. The number of halogens is 2. The van der Waals surface area contributed by atoms with Crippen LogP contribution >= 0.6 is 11.3 Å². The lowest BCUT2D eigenvalue weighted by molar-refractivity contribution is 0.0479. The molecular weight excluding hydrogens is 390 g/mol. The molecule has 3 aromatic rings. The molecule has 3 heterocycles. The fourth-order valence-electron chi connectivity index (χ4n) is 3.22. The Morgan fingerprint density at radius 3 is 2.82 bits per heavy atom. The SMILES string of the molecule is Cc1c(C(=O)OCC(=O)c2ccc(F)c(F)c2)sc2nc3n(c(=O)c12)CCC3. The molecule has 0 saturated carbocycles. The van der Waals surface area contributed by atoms with Gasteiger partial charge in [0.15, 0.2) is 24.0 Å². The molecule has 1 aromatic carbocycles. The third-order valence-electron chi connectivity index (χ3n) is 4.67. The summed E-state index contributed by atoms with van der Waals surface area (Å²) < 4.78 is 32.8. The molecule has 4 rings (SSSR count). The summed E-state index contributed by atoms with van der Waals surface area (Å²) in [6, 6.07) is 2.70. The molecule has 6 nitrogen and oxygen atoms in total. The van der Waals surface area contributed by atoms with E-state index in [2.05, 4.69) is 4.98 Å². The second-order valence-electron chi connectivity index (χ2n) is 6.45. The Kier molecular flexibility index (Phi) is 4.54. The number of ether oxygens (including phenoxy) is 1. The number of Topliss-reactive ketones (excluding diaryl/α,β-unsaturated/α-hetero) is 1. The number of carbonyl (C=O) groups excluding carboxylic acids is 2. The van der Waals surface area contributed by atoms with Gasteiger partial charge in [0, 0.05) is 18.5 Å². The van der Waals surface area contributed by atoms with Gasteiger partial charge in [-0.05, 0) is 37.1 Å². The van der Waals surface area contributed by atoms with Crippen LogP contribution in [-0.4, -0.2) is 27.9 Å². The number of carbonyl (C=O) groups is 2. The van der Waals surface area contributed by atoms with Gasteiger partial charge in [-0.2, -0.15) is 0 Å². The first kappa shape index (κ1) is 18.4. The molecule has 1 aliphatic heterocycles. The first-order valence-electron chi connectivity index (χ1n) is 8.55.